The third kappa shape index (κ3) is 5.99. The minimum Gasteiger partial charge on any atom is -0.480 e. The molecule has 0 rings (SSSR count). The van der Waals surface area contributed by atoms with E-state index >= 15 is 0 Å². The van der Waals surface area contributed by atoms with E-state index in [4.69, 9.17) is 9.84 Å². The van der Waals surface area contributed by atoms with Gasteiger partial charge in [-0.2, -0.15) is 0 Å². The van der Waals surface area contributed by atoms with Crippen LogP contribution in [0.2, 0.25) is 0 Å². The molecule has 0 saturated heterocycles. The van der Waals surface area contributed by atoms with Gasteiger partial charge in [-0.25, -0.2) is 13.1 Å². The molecule has 0 aromatic carbocycles. The molecule has 0 bridgehead atoms. The zero-order valence-electron chi connectivity index (χ0n) is 10.5. The number of hydrogen-bond donors (Lipinski definition) is 2. The smallest absolute Gasteiger partial charge is 0.321 e. The largest absolute Gasteiger partial charge is 0.480 e. The first kappa shape index (κ1) is 16.3. The molecule has 0 heterocycles. The SMILES string of the molecule is CCCC[C@H](NS(=O)(=O)C(C)COC)C(=O)O. The predicted octanol–water partition coefficient (Wildman–Crippen LogP) is 0.584. The van der Waals surface area contributed by atoms with Crippen LogP contribution in [-0.2, 0) is 19.6 Å². The molecule has 0 saturated carbocycles. The van der Waals surface area contributed by atoms with Gasteiger partial charge in [0.2, 0.25) is 10.0 Å². The van der Waals surface area contributed by atoms with Crippen molar-refractivity contribution in [3.63, 3.8) is 0 Å². The molecule has 2 N–H and O–H groups in total. The summed E-state index contributed by atoms with van der Waals surface area (Å²) in [5.74, 6) is -1.15. The Kier molecular flexibility index (Phi) is 7.33. The third-order valence-electron chi connectivity index (χ3n) is 2.38. The lowest BCUT2D eigenvalue weighted by atomic mass is 10.1. The van der Waals surface area contributed by atoms with Gasteiger partial charge in [0.25, 0.3) is 0 Å². The van der Waals surface area contributed by atoms with Crippen LogP contribution in [0.15, 0.2) is 0 Å². The molecule has 0 amide bonds. The van der Waals surface area contributed by atoms with E-state index in [1.165, 1.54) is 14.0 Å². The Hall–Kier alpha value is -0.660. The topological polar surface area (TPSA) is 92.7 Å². The van der Waals surface area contributed by atoms with Gasteiger partial charge in [-0.05, 0) is 13.3 Å². The maximum Gasteiger partial charge on any atom is 0.321 e. The zero-order chi connectivity index (χ0) is 13.5. The van der Waals surface area contributed by atoms with Crippen molar-refractivity contribution in [1.29, 1.82) is 0 Å². The van der Waals surface area contributed by atoms with Gasteiger partial charge in [-0.3, -0.25) is 4.79 Å². The number of ether oxygens (including phenoxy) is 1. The number of sulfonamides is 1. The maximum atomic E-state index is 11.7. The molecule has 0 fully saturated rings. The van der Waals surface area contributed by atoms with Gasteiger partial charge in [0.15, 0.2) is 0 Å². The molecule has 0 aliphatic rings. The summed E-state index contributed by atoms with van der Waals surface area (Å²) in [6, 6.07) is -1.06. The standard InChI is InChI=1S/C10H21NO5S/c1-4-5-6-9(10(12)13)11-17(14,15)8(2)7-16-3/h8-9,11H,4-7H2,1-3H3,(H,12,13)/t8?,9-/m0/s1. The predicted molar refractivity (Wildman–Crippen MR) is 64.3 cm³/mol. The fourth-order valence-corrected chi connectivity index (χ4v) is 2.44. The Morgan fingerprint density at radius 1 is 1.47 bits per heavy atom. The van der Waals surface area contributed by atoms with Crippen molar-refractivity contribution in [1.82, 2.24) is 4.72 Å². The second kappa shape index (κ2) is 7.62. The Balaban J connectivity index is 4.57. The monoisotopic (exact) mass is 267 g/mol. The Labute approximate surface area is 102 Å². The fraction of sp³-hybridized carbons (Fsp3) is 0.900. The van der Waals surface area contributed by atoms with E-state index in [1.54, 1.807) is 0 Å². The van der Waals surface area contributed by atoms with Crippen LogP contribution < -0.4 is 4.72 Å². The molecule has 2 atom stereocenters. The van der Waals surface area contributed by atoms with Gasteiger partial charge < -0.3 is 9.84 Å². The van der Waals surface area contributed by atoms with Crippen molar-refractivity contribution in [2.45, 2.75) is 44.4 Å². The lowest BCUT2D eigenvalue weighted by Crippen LogP contribution is -2.45. The Morgan fingerprint density at radius 3 is 2.47 bits per heavy atom. The molecule has 102 valence electrons. The van der Waals surface area contributed by atoms with Gasteiger partial charge >= 0.3 is 5.97 Å². The molecule has 0 aromatic rings. The van der Waals surface area contributed by atoms with Gasteiger partial charge in [0, 0.05) is 7.11 Å². The van der Waals surface area contributed by atoms with E-state index in [1.807, 2.05) is 6.92 Å². The highest BCUT2D eigenvalue weighted by Gasteiger charge is 2.27. The summed E-state index contributed by atoms with van der Waals surface area (Å²) < 4.78 is 30.4. The van der Waals surface area contributed by atoms with Crippen LogP contribution in [0.3, 0.4) is 0 Å². The summed E-state index contributed by atoms with van der Waals surface area (Å²) >= 11 is 0. The number of nitrogens with one attached hydrogen (secondary N) is 1. The third-order valence-corrected chi connectivity index (χ3v) is 4.19. The van der Waals surface area contributed by atoms with Crippen LogP contribution >= 0.6 is 0 Å². The molecule has 7 heteroatoms. The van der Waals surface area contributed by atoms with Crippen molar-refractivity contribution in [3.8, 4) is 0 Å². The molecular formula is C10H21NO5S. The normalized spacial score (nSPS) is 15.5. The van der Waals surface area contributed by atoms with Crippen molar-refractivity contribution in [2.24, 2.45) is 0 Å². The van der Waals surface area contributed by atoms with Crippen LogP contribution in [0, 0.1) is 0 Å². The van der Waals surface area contributed by atoms with Crippen molar-refractivity contribution >= 4 is 16.0 Å². The van der Waals surface area contributed by atoms with E-state index < -0.39 is 27.3 Å². The summed E-state index contributed by atoms with van der Waals surface area (Å²) in [6.07, 6.45) is 1.78. The summed E-state index contributed by atoms with van der Waals surface area (Å²) in [7, 11) is -2.25. The van der Waals surface area contributed by atoms with E-state index in [0.717, 1.165) is 6.42 Å². The average Bonchev–Trinajstić information content (AvgIpc) is 2.24. The lowest BCUT2D eigenvalue weighted by Gasteiger charge is -2.18. The number of methoxy groups -OCH3 is 1. The van der Waals surface area contributed by atoms with Crippen LogP contribution in [0.4, 0.5) is 0 Å². The number of carboxylic acids is 1. The summed E-state index contributed by atoms with van der Waals surface area (Å²) in [6.45, 7) is 3.43. The fourth-order valence-electron chi connectivity index (χ4n) is 1.28. The number of aliphatic carboxylic acids is 1. The number of unbranched alkanes of at least 4 members (excludes halogenated alkanes) is 1. The van der Waals surface area contributed by atoms with Gasteiger partial charge in [-0.15, -0.1) is 0 Å². The molecule has 1 unspecified atom stereocenters. The van der Waals surface area contributed by atoms with Gasteiger partial charge in [0.1, 0.15) is 6.04 Å². The molecule has 0 aliphatic carbocycles. The molecule has 6 nitrogen and oxygen atoms in total. The zero-order valence-corrected chi connectivity index (χ0v) is 11.3. The van der Waals surface area contributed by atoms with E-state index in [9.17, 15) is 13.2 Å². The number of carbonyl (C=O) groups is 1. The maximum absolute atomic E-state index is 11.7. The summed E-state index contributed by atoms with van der Waals surface area (Å²) in [5.41, 5.74) is 0. The van der Waals surface area contributed by atoms with Crippen LogP contribution in [-0.4, -0.2) is 44.5 Å². The lowest BCUT2D eigenvalue weighted by molar-refractivity contribution is -0.139. The first-order valence-corrected chi connectivity index (χ1v) is 7.12. The van der Waals surface area contributed by atoms with Crippen molar-refractivity contribution < 1.29 is 23.1 Å². The average molecular weight is 267 g/mol. The molecule has 0 aromatic heterocycles. The highest BCUT2D eigenvalue weighted by molar-refractivity contribution is 7.90. The highest BCUT2D eigenvalue weighted by atomic mass is 32.2. The van der Waals surface area contributed by atoms with Gasteiger partial charge in [-0.1, -0.05) is 19.8 Å². The Morgan fingerprint density at radius 2 is 2.06 bits per heavy atom. The molecular weight excluding hydrogens is 246 g/mol. The minimum absolute atomic E-state index is 0.0372. The van der Waals surface area contributed by atoms with Crippen molar-refractivity contribution in [3.05, 3.63) is 0 Å². The minimum atomic E-state index is -3.65. The number of rotatable bonds is 9. The van der Waals surface area contributed by atoms with Crippen LogP contribution in [0.1, 0.15) is 33.1 Å². The van der Waals surface area contributed by atoms with E-state index in [2.05, 4.69) is 4.72 Å². The number of hydrogen-bond acceptors (Lipinski definition) is 4. The molecule has 17 heavy (non-hydrogen) atoms. The summed E-state index contributed by atoms with van der Waals surface area (Å²) in [5, 5.41) is 8.15. The van der Waals surface area contributed by atoms with Gasteiger partial charge in [0.05, 0.1) is 11.9 Å². The second-order valence-electron chi connectivity index (χ2n) is 3.96. The van der Waals surface area contributed by atoms with E-state index in [0.29, 0.717) is 12.8 Å². The quantitative estimate of drug-likeness (QED) is 0.637. The van der Waals surface area contributed by atoms with Crippen LogP contribution in [0.5, 0.6) is 0 Å². The summed E-state index contributed by atoms with van der Waals surface area (Å²) in [4.78, 5) is 10.9. The number of carboxylic acid groups (broad SMARTS) is 1. The molecule has 0 aliphatic heterocycles. The van der Waals surface area contributed by atoms with E-state index in [-0.39, 0.29) is 6.61 Å². The molecule has 0 radical (unpaired) electrons. The van der Waals surface area contributed by atoms with Crippen molar-refractivity contribution in [2.75, 3.05) is 13.7 Å². The second-order valence-corrected chi connectivity index (χ2v) is 6.09. The Bertz CT molecular complexity index is 328. The highest BCUT2D eigenvalue weighted by Crippen LogP contribution is 2.06. The first-order valence-electron chi connectivity index (χ1n) is 5.58. The first-order chi connectivity index (χ1) is 7.85. The molecule has 0 spiro atoms. The van der Waals surface area contributed by atoms with Crippen LogP contribution in [0.25, 0.3) is 0 Å².